The lowest BCUT2D eigenvalue weighted by Gasteiger charge is -2.27. The van der Waals surface area contributed by atoms with Crippen molar-refractivity contribution in [2.75, 3.05) is 0 Å². The maximum Gasteiger partial charge on any atom is 0.126 e. The van der Waals surface area contributed by atoms with E-state index >= 15 is 0 Å². The van der Waals surface area contributed by atoms with Gasteiger partial charge in [0.2, 0.25) is 0 Å². The lowest BCUT2D eigenvalue weighted by molar-refractivity contribution is -0.122. The molecule has 0 amide bonds. The summed E-state index contributed by atoms with van der Waals surface area (Å²) < 4.78 is 0. The molecular weight excluding hydrogens is 164 g/mol. The van der Waals surface area contributed by atoms with Gasteiger partial charge in [-0.25, -0.2) is 0 Å². The Morgan fingerprint density at radius 3 is 2.23 bits per heavy atom. The Morgan fingerprint density at radius 2 is 1.92 bits per heavy atom. The SMILES string of the molecule is CCC(C)CC(C=O)(CC)CC=O. The second-order valence-electron chi connectivity index (χ2n) is 3.92. The van der Waals surface area contributed by atoms with Crippen LogP contribution in [0.2, 0.25) is 0 Å². The standard InChI is InChI=1S/C11H20O2/c1-4-10(3)8-11(5-2,9-13)6-7-12/h7,9-10H,4-6,8H2,1-3H3. The molecule has 0 aliphatic carbocycles. The van der Waals surface area contributed by atoms with Crippen LogP contribution >= 0.6 is 0 Å². The van der Waals surface area contributed by atoms with Crippen LogP contribution in [0.3, 0.4) is 0 Å². The highest BCUT2D eigenvalue weighted by atomic mass is 16.1. The normalized spacial score (nSPS) is 17.5. The Hall–Kier alpha value is -0.660. The molecule has 0 bridgehead atoms. The van der Waals surface area contributed by atoms with E-state index in [9.17, 15) is 9.59 Å². The average Bonchev–Trinajstić information content (AvgIpc) is 2.17. The second kappa shape index (κ2) is 5.90. The first-order valence-corrected chi connectivity index (χ1v) is 5.04. The average molecular weight is 184 g/mol. The minimum absolute atomic E-state index is 0.372. The van der Waals surface area contributed by atoms with Crippen LogP contribution < -0.4 is 0 Å². The van der Waals surface area contributed by atoms with Crippen molar-refractivity contribution >= 4 is 12.6 Å². The summed E-state index contributed by atoms with van der Waals surface area (Å²) in [7, 11) is 0. The molecule has 2 atom stereocenters. The molecule has 0 rings (SSSR count). The summed E-state index contributed by atoms with van der Waals surface area (Å²) in [6.07, 6.45) is 4.86. The maximum atomic E-state index is 10.9. The molecule has 0 spiro atoms. The molecule has 2 nitrogen and oxygen atoms in total. The molecule has 0 aromatic rings. The number of rotatable bonds is 7. The molecule has 0 aromatic carbocycles. The summed E-state index contributed by atoms with van der Waals surface area (Å²) >= 11 is 0. The first kappa shape index (κ1) is 12.3. The van der Waals surface area contributed by atoms with E-state index in [0.717, 1.165) is 31.8 Å². The summed E-state index contributed by atoms with van der Waals surface area (Å²) in [5, 5.41) is 0. The van der Waals surface area contributed by atoms with Crippen LogP contribution in [0.5, 0.6) is 0 Å². The van der Waals surface area contributed by atoms with Gasteiger partial charge in [0.15, 0.2) is 0 Å². The second-order valence-corrected chi connectivity index (χ2v) is 3.92. The molecular formula is C11H20O2. The van der Waals surface area contributed by atoms with Crippen LogP contribution in [0.4, 0.5) is 0 Å². The van der Waals surface area contributed by atoms with Gasteiger partial charge in [-0.3, -0.25) is 0 Å². The van der Waals surface area contributed by atoms with E-state index in [2.05, 4.69) is 13.8 Å². The molecule has 0 aliphatic heterocycles. The minimum Gasteiger partial charge on any atom is -0.303 e. The van der Waals surface area contributed by atoms with Crippen molar-refractivity contribution in [3.05, 3.63) is 0 Å². The van der Waals surface area contributed by atoms with E-state index in [1.165, 1.54) is 0 Å². The van der Waals surface area contributed by atoms with Crippen molar-refractivity contribution in [1.29, 1.82) is 0 Å². The summed E-state index contributed by atoms with van der Waals surface area (Å²) in [6.45, 7) is 6.20. The summed E-state index contributed by atoms with van der Waals surface area (Å²) in [4.78, 5) is 21.4. The third-order valence-corrected chi connectivity index (χ3v) is 2.90. The van der Waals surface area contributed by atoms with Gasteiger partial charge >= 0.3 is 0 Å². The van der Waals surface area contributed by atoms with Crippen molar-refractivity contribution in [2.45, 2.75) is 46.5 Å². The zero-order chi connectivity index (χ0) is 10.3. The van der Waals surface area contributed by atoms with Crippen molar-refractivity contribution in [2.24, 2.45) is 11.3 Å². The maximum absolute atomic E-state index is 10.9. The summed E-state index contributed by atoms with van der Waals surface area (Å²) in [6, 6.07) is 0. The van der Waals surface area contributed by atoms with Crippen LogP contribution in [0.15, 0.2) is 0 Å². The van der Waals surface area contributed by atoms with Gasteiger partial charge in [-0.15, -0.1) is 0 Å². The predicted molar refractivity (Wildman–Crippen MR) is 53.5 cm³/mol. The number of carbonyl (C=O) groups excluding carboxylic acids is 2. The molecule has 2 unspecified atom stereocenters. The monoisotopic (exact) mass is 184 g/mol. The Kier molecular flexibility index (Phi) is 5.60. The topological polar surface area (TPSA) is 34.1 Å². The molecule has 0 aliphatic rings. The summed E-state index contributed by atoms with van der Waals surface area (Å²) in [5.41, 5.74) is -0.392. The van der Waals surface area contributed by atoms with Gasteiger partial charge in [-0.1, -0.05) is 27.2 Å². The Bertz CT molecular complexity index is 165. The molecule has 13 heavy (non-hydrogen) atoms. The molecule has 0 aromatic heterocycles. The Labute approximate surface area is 80.7 Å². The fourth-order valence-corrected chi connectivity index (χ4v) is 1.56. The fourth-order valence-electron chi connectivity index (χ4n) is 1.56. The number of hydrogen-bond acceptors (Lipinski definition) is 2. The fraction of sp³-hybridized carbons (Fsp3) is 0.818. The zero-order valence-corrected chi connectivity index (χ0v) is 8.88. The van der Waals surface area contributed by atoms with Crippen molar-refractivity contribution in [3.8, 4) is 0 Å². The number of aldehydes is 2. The zero-order valence-electron chi connectivity index (χ0n) is 8.88. The van der Waals surface area contributed by atoms with E-state index in [-0.39, 0.29) is 0 Å². The van der Waals surface area contributed by atoms with E-state index in [0.29, 0.717) is 12.3 Å². The largest absolute Gasteiger partial charge is 0.303 e. The van der Waals surface area contributed by atoms with Gasteiger partial charge in [0, 0.05) is 11.8 Å². The van der Waals surface area contributed by atoms with E-state index in [1.807, 2.05) is 6.92 Å². The molecule has 0 N–H and O–H groups in total. The van der Waals surface area contributed by atoms with Crippen molar-refractivity contribution < 1.29 is 9.59 Å². The number of hydrogen-bond donors (Lipinski definition) is 0. The highest BCUT2D eigenvalue weighted by Gasteiger charge is 2.28. The van der Waals surface area contributed by atoms with Crippen molar-refractivity contribution in [3.63, 3.8) is 0 Å². The first-order valence-electron chi connectivity index (χ1n) is 5.04. The molecule has 0 saturated carbocycles. The molecule has 2 heteroatoms. The van der Waals surface area contributed by atoms with Gasteiger partial charge in [0.1, 0.15) is 12.6 Å². The highest BCUT2D eigenvalue weighted by Crippen LogP contribution is 2.32. The molecule has 0 saturated heterocycles. The minimum atomic E-state index is -0.392. The third kappa shape index (κ3) is 3.71. The quantitative estimate of drug-likeness (QED) is 0.570. The van der Waals surface area contributed by atoms with Crippen LogP contribution in [0.25, 0.3) is 0 Å². The lowest BCUT2D eigenvalue weighted by Crippen LogP contribution is -2.25. The van der Waals surface area contributed by atoms with Gasteiger partial charge in [0.05, 0.1) is 0 Å². The van der Waals surface area contributed by atoms with Crippen LogP contribution in [0.1, 0.15) is 46.5 Å². The van der Waals surface area contributed by atoms with Gasteiger partial charge in [-0.2, -0.15) is 0 Å². The van der Waals surface area contributed by atoms with Gasteiger partial charge in [-0.05, 0) is 18.8 Å². The van der Waals surface area contributed by atoms with E-state index in [4.69, 9.17) is 0 Å². The third-order valence-electron chi connectivity index (χ3n) is 2.90. The van der Waals surface area contributed by atoms with Gasteiger partial charge < -0.3 is 9.59 Å². The predicted octanol–water partition coefficient (Wildman–Crippen LogP) is 2.61. The molecule has 0 radical (unpaired) electrons. The van der Waals surface area contributed by atoms with E-state index < -0.39 is 5.41 Å². The first-order chi connectivity index (χ1) is 6.14. The smallest absolute Gasteiger partial charge is 0.126 e. The highest BCUT2D eigenvalue weighted by molar-refractivity contribution is 5.66. The lowest BCUT2D eigenvalue weighted by atomic mass is 9.76. The van der Waals surface area contributed by atoms with E-state index in [1.54, 1.807) is 0 Å². The molecule has 0 heterocycles. The summed E-state index contributed by atoms with van der Waals surface area (Å²) in [5.74, 6) is 0.519. The van der Waals surface area contributed by atoms with Crippen LogP contribution in [-0.2, 0) is 9.59 Å². The number of carbonyl (C=O) groups is 2. The molecule has 0 fully saturated rings. The van der Waals surface area contributed by atoms with Gasteiger partial charge in [0.25, 0.3) is 0 Å². The van der Waals surface area contributed by atoms with Crippen LogP contribution in [0, 0.1) is 11.3 Å². The molecule has 76 valence electrons. The van der Waals surface area contributed by atoms with Crippen LogP contribution in [-0.4, -0.2) is 12.6 Å². The van der Waals surface area contributed by atoms with Crippen molar-refractivity contribution in [1.82, 2.24) is 0 Å². The Balaban J connectivity index is 4.36. The Morgan fingerprint density at radius 1 is 1.31 bits per heavy atom.